The average Bonchev–Trinajstić information content (AvgIpc) is 2.18. The zero-order chi connectivity index (χ0) is 9.68. The van der Waals surface area contributed by atoms with E-state index in [4.69, 9.17) is 0 Å². The summed E-state index contributed by atoms with van der Waals surface area (Å²) in [5.74, 6) is 0.821. The average molecular weight is 183 g/mol. The van der Waals surface area contributed by atoms with Crippen LogP contribution in [0.5, 0.6) is 0 Å². The molecular weight excluding hydrogens is 158 g/mol. The van der Waals surface area contributed by atoms with Crippen LogP contribution in [0.4, 0.5) is 0 Å². The van der Waals surface area contributed by atoms with Gasteiger partial charge >= 0.3 is 0 Å². The van der Waals surface area contributed by atoms with Crippen LogP contribution in [0, 0.1) is 5.92 Å². The van der Waals surface area contributed by atoms with Crippen molar-refractivity contribution in [3.63, 3.8) is 0 Å². The second-order valence-corrected chi connectivity index (χ2v) is 4.68. The lowest BCUT2D eigenvalue weighted by atomic mass is 9.93. The zero-order valence-corrected chi connectivity index (χ0v) is 9.47. The van der Waals surface area contributed by atoms with Crippen LogP contribution in [0.3, 0.4) is 0 Å². The lowest BCUT2D eigenvalue weighted by molar-refractivity contribution is 0.297. The fraction of sp³-hybridized carbons (Fsp3) is 1.00. The Labute approximate surface area is 83.3 Å². The van der Waals surface area contributed by atoms with Crippen molar-refractivity contribution in [3.8, 4) is 0 Å². The van der Waals surface area contributed by atoms with Gasteiger partial charge in [0.2, 0.25) is 0 Å². The summed E-state index contributed by atoms with van der Waals surface area (Å²) < 4.78 is 0. The summed E-state index contributed by atoms with van der Waals surface area (Å²) in [5, 5.41) is 3.77. The molecule has 1 aliphatic carbocycles. The Hall–Kier alpha value is -0.0400. The minimum absolute atomic E-state index is 0.702. The normalized spacial score (nSPS) is 24.2. The van der Waals surface area contributed by atoms with Crippen molar-refractivity contribution >= 4 is 0 Å². The van der Waals surface area contributed by atoms with Crippen molar-refractivity contribution in [1.82, 2.24) is 5.32 Å². The summed E-state index contributed by atoms with van der Waals surface area (Å²) in [6.07, 6.45) is 8.42. The molecule has 0 bridgehead atoms. The molecule has 0 aliphatic heterocycles. The fourth-order valence-electron chi connectivity index (χ4n) is 2.16. The highest BCUT2D eigenvalue weighted by Gasteiger charge is 2.17. The first-order valence-electron chi connectivity index (χ1n) is 6.00. The monoisotopic (exact) mass is 183 g/mol. The lowest BCUT2D eigenvalue weighted by Crippen LogP contribution is -2.41. The van der Waals surface area contributed by atoms with E-state index in [0.717, 1.165) is 12.0 Å². The van der Waals surface area contributed by atoms with Gasteiger partial charge < -0.3 is 5.32 Å². The molecule has 1 aliphatic rings. The second kappa shape index (κ2) is 5.64. The van der Waals surface area contributed by atoms with Crippen molar-refractivity contribution in [2.24, 2.45) is 5.92 Å². The minimum atomic E-state index is 0.702. The molecule has 13 heavy (non-hydrogen) atoms. The molecule has 1 fully saturated rings. The van der Waals surface area contributed by atoms with Gasteiger partial charge in [0.1, 0.15) is 0 Å². The van der Waals surface area contributed by atoms with Gasteiger partial charge in [0.25, 0.3) is 0 Å². The molecule has 1 N–H and O–H groups in total. The van der Waals surface area contributed by atoms with Gasteiger partial charge in [-0.15, -0.1) is 0 Å². The van der Waals surface area contributed by atoms with Crippen LogP contribution in [0.2, 0.25) is 0 Å². The summed E-state index contributed by atoms with van der Waals surface area (Å²) in [5.41, 5.74) is 0. The van der Waals surface area contributed by atoms with E-state index in [1.165, 1.54) is 38.5 Å². The fourth-order valence-corrected chi connectivity index (χ4v) is 2.16. The van der Waals surface area contributed by atoms with Gasteiger partial charge in [0, 0.05) is 12.1 Å². The summed E-state index contributed by atoms with van der Waals surface area (Å²) in [7, 11) is 0. The summed E-state index contributed by atoms with van der Waals surface area (Å²) >= 11 is 0. The zero-order valence-electron chi connectivity index (χ0n) is 9.47. The molecule has 0 unspecified atom stereocenters. The molecule has 0 aromatic heterocycles. The molecule has 0 spiro atoms. The number of hydrogen-bond acceptors (Lipinski definition) is 1. The minimum Gasteiger partial charge on any atom is -0.311 e. The summed E-state index contributed by atoms with van der Waals surface area (Å²) in [6, 6.07) is 1.52. The van der Waals surface area contributed by atoms with Crippen molar-refractivity contribution in [3.05, 3.63) is 0 Å². The maximum absolute atomic E-state index is 3.77. The topological polar surface area (TPSA) is 12.0 Å². The van der Waals surface area contributed by atoms with Gasteiger partial charge in [0.05, 0.1) is 0 Å². The SMILES string of the molecule is CC[C@H](C)[C@H](C)NC1CCCCC1. The third-order valence-electron chi connectivity index (χ3n) is 3.60. The molecule has 1 nitrogen and oxygen atoms in total. The van der Waals surface area contributed by atoms with Crippen molar-refractivity contribution < 1.29 is 0 Å². The predicted molar refractivity (Wildman–Crippen MR) is 58.9 cm³/mol. The smallest absolute Gasteiger partial charge is 0.00696 e. The van der Waals surface area contributed by atoms with Crippen molar-refractivity contribution in [1.29, 1.82) is 0 Å². The van der Waals surface area contributed by atoms with Gasteiger partial charge in [-0.1, -0.05) is 39.5 Å². The molecule has 1 heteroatoms. The maximum Gasteiger partial charge on any atom is 0.00696 e. The Balaban J connectivity index is 2.21. The van der Waals surface area contributed by atoms with E-state index in [-0.39, 0.29) is 0 Å². The molecule has 2 atom stereocenters. The first-order chi connectivity index (χ1) is 6.24. The predicted octanol–water partition coefficient (Wildman–Crippen LogP) is 3.34. The summed E-state index contributed by atoms with van der Waals surface area (Å²) in [4.78, 5) is 0. The van der Waals surface area contributed by atoms with Gasteiger partial charge in [0.15, 0.2) is 0 Å². The van der Waals surface area contributed by atoms with Gasteiger partial charge in [-0.3, -0.25) is 0 Å². The van der Waals surface area contributed by atoms with Crippen LogP contribution in [0.1, 0.15) is 59.3 Å². The highest BCUT2D eigenvalue weighted by Crippen LogP contribution is 2.19. The molecule has 0 heterocycles. The first kappa shape index (κ1) is 11.0. The van der Waals surface area contributed by atoms with E-state index in [0.29, 0.717) is 6.04 Å². The van der Waals surface area contributed by atoms with Crippen molar-refractivity contribution in [2.75, 3.05) is 0 Å². The number of nitrogens with one attached hydrogen (secondary N) is 1. The molecular formula is C12H25N. The Kier molecular flexibility index (Phi) is 4.79. The third-order valence-corrected chi connectivity index (χ3v) is 3.60. The van der Waals surface area contributed by atoms with E-state index < -0.39 is 0 Å². The second-order valence-electron chi connectivity index (χ2n) is 4.68. The Morgan fingerprint density at radius 2 is 1.77 bits per heavy atom. The molecule has 1 saturated carbocycles. The highest BCUT2D eigenvalue weighted by molar-refractivity contribution is 4.77. The first-order valence-corrected chi connectivity index (χ1v) is 6.00. The Morgan fingerprint density at radius 3 is 2.31 bits per heavy atom. The molecule has 0 radical (unpaired) electrons. The molecule has 1 rings (SSSR count). The number of rotatable bonds is 4. The lowest BCUT2D eigenvalue weighted by Gasteiger charge is -2.29. The quantitative estimate of drug-likeness (QED) is 0.705. The Morgan fingerprint density at radius 1 is 1.15 bits per heavy atom. The van der Waals surface area contributed by atoms with E-state index >= 15 is 0 Å². The molecule has 78 valence electrons. The van der Waals surface area contributed by atoms with Crippen molar-refractivity contribution in [2.45, 2.75) is 71.4 Å². The van der Waals surface area contributed by atoms with Gasteiger partial charge in [-0.25, -0.2) is 0 Å². The van der Waals surface area contributed by atoms with Crippen LogP contribution >= 0.6 is 0 Å². The van der Waals surface area contributed by atoms with Crippen LogP contribution < -0.4 is 5.32 Å². The summed E-state index contributed by atoms with van der Waals surface area (Å²) in [6.45, 7) is 6.97. The van der Waals surface area contributed by atoms with E-state index in [1.54, 1.807) is 0 Å². The molecule has 0 saturated heterocycles. The number of hydrogen-bond donors (Lipinski definition) is 1. The largest absolute Gasteiger partial charge is 0.311 e. The van der Waals surface area contributed by atoms with Crippen LogP contribution in [-0.2, 0) is 0 Å². The van der Waals surface area contributed by atoms with Crippen LogP contribution in [0.25, 0.3) is 0 Å². The maximum atomic E-state index is 3.77. The highest BCUT2D eigenvalue weighted by atomic mass is 14.9. The Bertz CT molecular complexity index is 127. The van der Waals surface area contributed by atoms with E-state index in [2.05, 4.69) is 26.1 Å². The molecule has 0 aromatic rings. The van der Waals surface area contributed by atoms with Crippen LogP contribution in [-0.4, -0.2) is 12.1 Å². The third kappa shape index (κ3) is 3.68. The van der Waals surface area contributed by atoms with Crippen LogP contribution in [0.15, 0.2) is 0 Å². The van der Waals surface area contributed by atoms with E-state index in [9.17, 15) is 0 Å². The molecule has 0 amide bonds. The van der Waals surface area contributed by atoms with E-state index in [1.807, 2.05) is 0 Å². The molecule has 0 aromatic carbocycles. The van der Waals surface area contributed by atoms with Gasteiger partial charge in [-0.2, -0.15) is 0 Å². The van der Waals surface area contributed by atoms with Gasteiger partial charge in [-0.05, 0) is 25.7 Å². The standard InChI is InChI=1S/C12H25N/c1-4-10(2)11(3)13-12-8-6-5-7-9-12/h10-13H,4-9H2,1-3H3/t10-,11-/m0/s1.